The third-order valence-corrected chi connectivity index (χ3v) is 6.68. The zero-order chi connectivity index (χ0) is 23.4. The second-order valence-corrected chi connectivity index (χ2v) is 9.76. The molecular formula is C23H31N5O4S. The molecule has 10 heteroatoms. The fraction of sp³-hybridized carbons (Fsp3) is 0.565. The van der Waals surface area contributed by atoms with Crippen LogP contribution < -0.4 is 20.5 Å². The lowest BCUT2D eigenvalue weighted by atomic mass is 9.95. The number of nitrogens with one attached hydrogen (secondary N) is 1. The van der Waals surface area contributed by atoms with E-state index in [1.807, 2.05) is 22.8 Å². The lowest BCUT2D eigenvalue weighted by molar-refractivity contribution is -0.120. The minimum Gasteiger partial charge on any atom is -0.490 e. The number of hydrogen-bond acceptors (Lipinski definition) is 7. The van der Waals surface area contributed by atoms with Crippen molar-refractivity contribution in [1.82, 2.24) is 20.1 Å². The molecule has 4 rings (SSSR count). The summed E-state index contributed by atoms with van der Waals surface area (Å²) in [6.07, 6.45) is 3.21. The first kappa shape index (κ1) is 23.4. The van der Waals surface area contributed by atoms with Gasteiger partial charge in [0.2, 0.25) is 11.8 Å². The van der Waals surface area contributed by atoms with Gasteiger partial charge in [-0.2, -0.15) is 0 Å². The van der Waals surface area contributed by atoms with Crippen LogP contribution in [-0.2, 0) is 16.1 Å². The van der Waals surface area contributed by atoms with Crippen LogP contribution in [0.25, 0.3) is 0 Å². The number of aromatic nitrogens is 3. The first-order valence-electron chi connectivity index (χ1n) is 11.5. The minimum atomic E-state index is -0.367. The van der Waals surface area contributed by atoms with Gasteiger partial charge in [0.25, 0.3) is 0 Å². The SMILES string of the molecule is CC(C)C(NC(=O)CSc1nnc(C2CC2)n1CCC(N)=O)c1ccc2c(c1)OCCCO2. The van der Waals surface area contributed by atoms with E-state index in [0.29, 0.717) is 30.8 Å². The van der Waals surface area contributed by atoms with E-state index in [1.54, 1.807) is 0 Å². The Morgan fingerprint density at radius 3 is 2.67 bits per heavy atom. The van der Waals surface area contributed by atoms with E-state index < -0.39 is 0 Å². The van der Waals surface area contributed by atoms with E-state index in [4.69, 9.17) is 15.2 Å². The van der Waals surface area contributed by atoms with Gasteiger partial charge in [0, 0.05) is 25.3 Å². The zero-order valence-corrected chi connectivity index (χ0v) is 19.9. The van der Waals surface area contributed by atoms with Crippen LogP contribution >= 0.6 is 11.8 Å². The van der Waals surface area contributed by atoms with E-state index in [1.165, 1.54) is 11.8 Å². The largest absolute Gasteiger partial charge is 0.490 e. The van der Waals surface area contributed by atoms with Gasteiger partial charge in [-0.15, -0.1) is 10.2 Å². The van der Waals surface area contributed by atoms with Crippen LogP contribution in [-0.4, -0.2) is 45.5 Å². The minimum absolute atomic E-state index is 0.0942. The summed E-state index contributed by atoms with van der Waals surface area (Å²) < 4.78 is 13.5. The van der Waals surface area contributed by atoms with Crippen LogP contribution in [0.2, 0.25) is 0 Å². The Morgan fingerprint density at radius 2 is 1.97 bits per heavy atom. The summed E-state index contributed by atoms with van der Waals surface area (Å²) in [5, 5.41) is 12.4. The molecule has 2 aliphatic rings. The molecule has 2 amide bonds. The van der Waals surface area contributed by atoms with Crippen molar-refractivity contribution in [3.63, 3.8) is 0 Å². The third kappa shape index (κ3) is 5.98. The monoisotopic (exact) mass is 473 g/mol. The summed E-state index contributed by atoms with van der Waals surface area (Å²) in [7, 11) is 0. The lowest BCUT2D eigenvalue weighted by Crippen LogP contribution is -2.33. The number of ether oxygens (including phenoxy) is 2. The van der Waals surface area contributed by atoms with Gasteiger partial charge in [-0.3, -0.25) is 9.59 Å². The Hall–Kier alpha value is -2.75. The number of hydrogen-bond donors (Lipinski definition) is 2. The number of amides is 2. The molecule has 9 nitrogen and oxygen atoms in total. The summed E-state index contributed by atoms with van der Waals surface area (Å²) in [5.41, 5.74) is 6.31. The highest BCUT2D eigenvalue weighted by atomic mass is 32.2. The van der Waals surface area contributed by atoms with Gasteiger partial charge < -0.3 is 25.1 Å². The molecule has 178 valence electrons. The fourth-order valence-electron chi connectivity index (χ4n) is 3.84. The molecule has 0 spiro atoms. The Morgan fingerprint density at radius 1 is 1.21 bits per heavy atom. The molecule has 3 N–H and O–H groups in total. The molecule has 1 saturated carbocycles. The summed E-state index contributed by atoms with van der Waals surface area (Å²) in [5.74, 6) is 2.65. The van der Waals surface area contributed by atoms with E-state index in [9.17, 15) is 9.59 Å². The van der Waals surface area contributed by atoms with Crippen LogP contribution in [0.15, 0.2) is 23.4 Å². The fourth-order valence-corrected chi connectivity index (χ4v) is 4.62. The molecule has 0 radical (unpaired) electrons. The molecule has 1 unspecified atom stereocenters. The number of thioether (sulfide) groups is 1. The predicted octanol–water partition coefficient (Wildman–Crippen LogP) is 2.80. The first-order valence-corrected chi connectivity index (χ1v) is 12.4. The van der Waals surface area contributed by atoms with Gasteiger partial charge in [0.15, 0.2) is 16.7 Å². The Balaban J connectivity index is 1.41. The maximum absolute atomic E-state index is 12.9. The second kappa shape index (κ2) is 10.5. The average molecular weight is 474 g/mol. The number of nitrogens with zero attached hydrogens (tertiary/aromatic N) is 3. The van der Waals surface area contributed by atoms with Crippen LogP contribution in [0.3, 0.4) is 0 Å². The molecule has 1 aromatic heterocycles. The molecule has 2 heterocycles. The zero-order valence-electron chi connectivity index (χ0n) is 19.1. The van der Waals surface area contributed by atoms with Gasteiger partial charge in [-0.05, 0) is 36.5 Å². The van der Waals surface area contributed by atoms with Crippen molar-refractivity contribution in [3.05, 3.63) is 29.6 Å². The van der Waals surface area contributed by atoms with E-state index in [-0.39, 0.29) is 35.9 Å². The first-order chi connectivity index (χ1) is 15.9. The van der Waals surface area contributed by atoms with Crippen molar-refractivity contribution in [2.45, 2.75) is 63.2 Å². The number of primary amides is 1. The highest BCUT2D eigenvalue weighted by Crippen LogP contribution is 2.40. The number of carbonyl (C=O) groups is 2. The van der Waals surface area contributed by atoms with Crippen LogP contribution in [0, 0.1) is 5.92 Å². The Kier molecular flexibility index (Phi) is 7.42. The Labute approximate surface area is 197 Å². The van der Waals surface area contributed by atoms with Gasteiger partial charge >= 0.3 is 0 Å². The van der Waals surface area contributed by atoms with Crippen molar-refractivity contribution < 1.29 is 19.1 Å². The van der Waals surface area contributed by atoms with Gasteiger partial charge in [0.05, 0.1) is 25.0 Å². The summed E-state index contributed by atoms with van der Waals surface area (Å²) in [6, 6.07) is 5.69. The van der Waals surface area contributed by atoms with Gasteiger partial charge in [-0.25, -0.2) is 0 Å². The number of rotatable bonds is 10. The molecule has 1 aliphatic carbocycles. The highest BCUT2D eigenvalue weighted by Gasteiger charge is 2.30. The molecule has 1 aromatic carbocycles. The van der Waals surface area contributed by atoms with Crippen molar-refractivity contribution in [2.24, 2.45) is 11.7 Å². The van der Waals surface area contributed by atoms with E-state index >= 15 is 0 Å². The lowest BCUT2D eigenvalue weighted by Gasteiger charge is -2.24. The standard InChI is InChI=1S/C23H31N5O4S/c1-14(2)21(16-6-7-17-18(12-16)32-11-3-10-31-17)25-20(30)13-33-23-27-26-22(15-4-5-15)28(23)9-8-19(24)29/h6-7,12,14-15,21H,3-5,8-11,13H2,1-2H3,(H2,24,29)(H,25,30). The van der Waals surface area contributed by atoms with Crippen molar-refractivity contribution in [1.29, 1.82) is 0 Å². The molecule has 1 fully saturated rings. The smallest absolute Gasteiger partial charge is 0.230 e. The third-order valence-electron chi connectivity index (χ3n) is 5.72. The quantitative estimate of drug-likeness (QED) is 0.509. The molecule has 2 aromatic rings. The summed E-state index contributed by atoms with van der Waals surface area (Å²) >= 11 is 1.33. The Bertz CT molecular complexity index is 1000. The normalized spacial score (nSPS) is 16.3. The molecule has 33 heavy (non-hydrogen) atoms. The van der Waals surface area contributed by atoms with Crippen molar-refractivity contribution in [3.8, 4) is 11.5 Å². The van der Waals surface area contributed by atoms with E-state index in [0.717, 1.165) is 42.1 Å². The summed E-state index contributed by atoms with van der Waals surface area (Å²) in [4.78, 5) is 24.1. The predicted molar refractivity (Wildman–Crippen MR) is 124 cm³/mol. The van der Waals surface area contributed by atoms with Crippen molar-refractivity contribution in [2.75, 3.05) is 19.0 Å². The molecule has 0 bridgehead atoms. The number of nitrogens with two attached hydrogens (primary N) is 1. The van der Waals surface area contributed by atoms with E-state index in [2.05, 4.69) is 29.4 Å². The second-order valence-electron chi connectivity index (χ2n) is 8.82. The highest BCUT2D eigenvalue weighted by molar-refractivity contribution is 7.99. The van der Waals surface area contributed by atoms with Gasteiger partial charge in [0.1, 0.15) is 5.82 Å². The average Bonchev–Trinajstić information content (AvgIpc) is 3.58. The molecule has 1 atom stereocenters. The van der Waals surface area contributed by atoms with Crippen LogP contribution in [0.4, 0.5) is 0 Å². The van der Waals surface area contributed by atoms with Crippen LogP contribution in [0.5, 0.6) is 11.5 Å². The maximum atomic E-state index is 12.9. The molecule has 1 aliphatic heterocycles. The summed E-state index contributed by atoms with van der Waals surface area (Å²) in [6.45, 7) is 5.84. The number of fused-ring (bicyclic) bond motifs is 1. The van der Waals surface area contributed by atoms with Crippen LogP contribution in [0.1, 0.15) is 62.9 Å². The maximum Gasteiger partial charge on any atom is 0.230 e. The van der Waals surface area contributed by atoms with Gasteiger partial charge in [-0.1, -0.05) is 31.7 Å². The molecule has 0 saturated heterocycles. The number of benzene rings is 1. The molecular weight excluding hydrogens is 442 g/mol. The van der Waals surface area contributed by atoms with Crippen molar-refractivity contribution >= 4 is 23.6 Å². The number of carbonyl (C=O) groups excluding carboxylic acids is 2. The topological polar surface area (TPSA) is 121 Å².